The van der Waals surface area contributed by atoms with E-state index in [2.05, 4.69) is 4.98 Å². The average molecular weight is 561 g/mol. The molecule has 0 N–H and O–H groups in total. The molecule has 0 bridgehead atoms. The minimum Gasteiger partial charge on any atom is -0.491 e. The van der Waals surface area contributed by atoms with Crippen molar-refractivity contribution in [1.82, 2.24) is 14.5 Å². The van der Waals surface area contributed by atoms with Crippen LogP contribution in [-0.4, -0.2) is 57.9 Å². The zero-order valence-electron chi connectivity index (χ0n) is 22.6. The Labute approximate surface area is 230 Å². The van der Waals surface area contributed by atoms with Crippen molar-refractivity contribution >= 4 is 34.4 Å². The third kappa shape index (κ3) is 5.02. The molecule has 2 atom stereocenters. The van der Waals surface area contributed by atoms with Crippen molar-refractivity contribution in [3.63, 3.8) is 0 Å². The fourth-order valence-corrected chi connectivity index (χ4v) is 5.56. The monoisotopic (exact) mass is 560 g/mol. The minimum absolute atomic E-state index is 0.0746. The van der Waals surface area contributed by atoms with E-state index in [9.17, 15) is 18.4 Å². The number of carbonyl (C=O) groups excluding carboxylic acids is 1. The van der Waals surface area contributed by atoms with Gasteiger partial charge in [-0.25, -0.2) is 18.4 Å². The lowest BCUT2D eigenvalue weighted by Crippen LogP contribution is -2.59. The summed E-state index contributed by atoms with van der Waals surface area (Å²) in [4.78, 5) is 34.3. The van der Waals surface area contributed by atoms with E-state index in [0.29, 0.717) is 42.8 Å². The molecular formula is C28H31ClF2N4O4. The van der Waals surface area contributed by atoms with Gasteiger partial charge in [-0.05, 0) is 59.2 Å². The number of aromatic nitrogens is 2. The van der Waals surface area contributed by atoms with Gasteiger partial charge in [0.2, 0.25) is 0 Å². The van der Waals surface area contributed by atoms with Crippen molar-refractivity contribution in [3.8, 4) is 16.9 Å². The summed E-state index contributed by atoms with van der Waals surface area (Å²) in [6.45, 7) is 10.7. The highest BCUT2D eigenvalue weighted by Gasteiger charge is 2.37. The van der Waals surface area contributed by atoms with Crippen LogP contribution < -0.4 is 15.3 Å². The van der Waals surface area contributed by atoms with Gasteiger partial charge in [-0.2, -0.15) is 4.98 Å². The SMILES string of the molecule is C[C@@H]1CN(c2nc(=O)n3c4c(c(-c5ccc(F)cc5F)c(Cl)cc24)OCCC3)[C@@H](C)CN1C(=O)OC(C)(C)C. The molecule has 11 heteroatoms. The van der Waals surface area contributed by atoms with Crippen LogP contribution in [0, 0.1) is 11.6 Å². The van der Waals surface area contributed by atoms with Gasteiger partial charge in [0.1, 0.15) is 23.1 Å². The van der Waals surface area contributed by atoms with Gasteiger partial charge >= 0.3 is 11.8 Å². The molecule has 2 aromatic carbocycles. The first-order chi connectivity index (χ1) is 18.4. The highest BCUT2D eigenvalue weighted by molar-refractivity contribution is 6.35. The number of rotatable bonds is 2. The molecular weight excluding hydrogens is 530 g/mol. The minimum atomic E-state index is -0.788. The van der Waals surface area contributed by atoms with Crippen molar-refractivity contribution in [2.75, 3.05) is 24.6 Å². The first-order valence-electron chi connectivity index (χ1n) is 13.0. The van der Waals surface area contributed by atoms with Crippen LogP contribution in [0.15, 0.2) is 29.1 Å². The first kappa shape index (κ1) is 27.2. The number of piperazine rings is 1. The van der Waals surface area contributed by atoms with Crippen molar-refractivity contribution in [2.45, 2.75) is 65.3 Å². The van der Waals surface area contributed by atoms with Crippen molar-refractivity contribution < 1.29 is 23.0 Å². The summed E-state index contributed by atoms with van der Waals surface area (Å²) in [5.41, 5.74) is -0.303. The number of nitrogens with zero attached hydrogens (tertiary/aromatic N) is 4. The molecule has 3 aromatic rings. The third-order valence-corrected chi connectivity index (χ3v) is 7.31. The summed E-state index contributed by atoms with van der Waals surface area (Å²) in [6, 6.07) is 4.47. The molecule has 1 saturated heterocycles. The van der Waals surface area contributed by atoms with Gasteiger partial charge in [0.15, 0.2) is 5.75 Å². The van der Waals surface area contributed by atoms with Crippen LogP contribution in [0.5, 0.6) is 5.75 Å². The molecule has 0 unspecified atom stereocenters. The molecule has 2 aliphatic rings. The van der Waals surface area contributed by atoms with Gasteiger partial charge in [-0.15, -0.1) is 0 Å². The van der Waals surface area contributed by atoms with Crippen molar-refractivity contribution in [3.05, 3.63) is 51.4 Å². The number of hydrogen-bond donors (Lipinski definition) is 0. The van der Waals surface area contributed by atoms with E-state index in [1.54, 1.807) is 11.0 Å². The predicted octanol–water partition coefficient (Wildman–Crippen LogP) is 5.61. The molecule has 1 fully saturated rings. The molecule has 1 amide bonds. The summed E-state index contributed by atoms with van der Waals surface area (Å²) in [6.07, 6.45) is 0.140. The van der Waals surface area contributed by atoms with Gasteiger partial charge in [0.05, 0.1) is 17.1 Å². The molecule has 0 aliphatic carbocycles. The Morgan fingerprint density at radius 2 is 1.90 bits per heavy atom. The van der Waals surface area contributed by atoms with Crippen LogP contribution >= 0.6 is 11.6 Å². The van der Waals surface area contributed by atoms with Crippen LogP contribution in [0.1, 0.15) is 41.0 Å². The van der Waals surface area contributed by atoms with Gasteiger partial charge in [-0.3, -0.25) is 4.57 Å². The summed E-state index contributed by atoms with van der Waals surface area (Å²) in [7, 11) is 0. The summed E-state index contributed by atoms with van der Waals surface area (Å²) >= 11 is 6.76. The predicted molar refractivity (Wildman–Crippen MR) is 146 cm³/mol. The van der Waals surface area contributed by atoms with E-state index in [-0.39, 0.29) is 40.6 Å². The van der Waals surface area contributed by atoms with E-state index in [0.717, 1.165) is 12.1 Å². The third-order valence-electron chi connectivity index (χ3n) is 7.01. The number of amides is 1. The van der Waals surface area contributed by atoms with E-state index in [4.69, 9.17) is 21.1 Å². The Morgan fingerprint density at radius 1 is 1.15 bits per heavy atom. The largest absolute Gasteiger partial charge is 0.491 e. The van der Waals surface area contributed by atoms with E-state index in [1.165, 1.54) is 10.6 Å². The number of carbonyl (C=O) groups is 1. The fraction of sp³-hybridized carbons (Fsp3) is 0.464. The van der Waals surface area contributed by atoms with Gasteiger partial charge in [0.25, 0.3) is 0 Å². The van der Waals surface area contributed by atoms with Crippen molar-refractivity contribution in [1.29, 1.82) is 0 Å². The Morgan fingerprint density at radius 3 is 2.59 bits per heavy atom. The number of aryl methyl sites for hydroxylation is 1. The zero-order valence-corrected chi connectivity index (χ0v) is 23.3. The van der Waals surface area contributed by atoms with Crippen LogP contribution in [0.3, 0.4) is 0 Å². The second kappa shape index (κ2) is 9.97. The zero-order chi connectivity index (χ0) is 28.2. The molecule has 0 spiro atoms. The molecule has 8 nitrogen and oxygen atoms in total. The maximum atomic E-state index is 14.9. The highest BCUT2D eigenvalue weighted by atomic mass is 35.5. The standard InChI is InChI=1S/C28H31ClF2N4O4/c1-15-14-35(27(37)39-28(3,4)5)16(2)13-34(15)25-19-12-20(29)22(18-8-7-17(30)11-21(18)31)24-23(19)33(26(36)32-25)9-6-10-38-24/h7-8,11-12,15-16H,6,9-10,13-14H2,1-5H3/t15-,16+/m0/s1. The van der Waals surface area contributed by atoms with E-state index in [1.807, 2.05) is 39.5 Å². The lowest BCUT2D eigenvalue weighted by atomic mass is 10.00. The second-order valence-electron chi connectivity index (χ2n) is 11.1. The van der Waals surface area contributed by atoms with Crippen LogP contribution in [-0.2, 0) is 11.3 Å². The Bertz CT molecular complexity index is 1520. The lowest BCUT2D eigenvalue weighted by molar-refractivity contribution is 0.0130. The second-order valence-corrected chi connectivity index (χ2v) is 11.5. The molecule has 0 radical (unpaired) electrons. The number of anilines is 1. The molecule has 5 rings (SSSR count). The fourth-order valence-electron chi connectivity index (χ4n) is 5.27. The molecule has 0 saturated carbocycles. The Hall–Kier alpha value is -3.40. The van der Waals surface area contributed by atoms with Crippen LogP contribution in [0.25, 0.3) is 22.0 Å². The molecule has 2 aliphatic heterocycles. The smallest absolute Gasteiger partial charge is 0.410 e. The maximum Gasteiger partial charge on any atom is 0.410 e. The van der Waals surface area contributed by atoms with Crippen LogP contribution in [0.2, 0.25) is 5.02 Å². The molecule has 39 heavy (non-hydrogen) atoms. The van der Waals surface area contributed by atoms with Crippen LogP contribution in [0.4, 0.5) is 19.4 Å². The highest BCUT2D eigenvalue weighted by Crippen LogP contribution is 2.46. The topological polar surface area (TPSA) is 76.9 Å². The van der Waals surface area contributed by atoms with E-state index < -0.39 is 29.0 Å². The Kier molecular flexibility index (Phi) is 6.95. The van der Waals surface area contributed by atoms with E-state index >= 15 is 0 Å². The number of halogens is 3. The maximum absolute atomic E-state index is 14.9. The normalized spacial score (nSPS) is 19.6. The Balaban J connectivity index is 1.65. The molecule has 3 heterocycles. The summed E-state index contributed by atoms with van der Waals surface area (Å²) in [5.74, 6) is -0.829. The van der Waals surface area contributed by atoms with Gasteiger partial charge in [-0.1, -0.05) is 11.6 Å². The molecule has 208 valence electrons. The first-order valence-corrected chi connectivity index (χ1v) is 13.3. The van der Waals surface area contributed by atoms with Gasteiger partial charge in [0, 0.05) is 54.3 Å². The summed E-state index contributed by atoms with van der Waals surface area (Å²) in [5, 5.41) is 0.763. The molecule has 1 aromatic heterocycles. The quantitative estimate of drug-likeness (QED) is 0.405. The average Bonchev–Trinajstić information content (AvgIpc) is 3.06. The van der Waals surface area contributed by atoms with Gasteiger partial charge < -0.3 is 19.3 Å². The number of hydrogen-bond acceptors (Lipinski definition) is 6. The lowest BCUT2D eigenvalue weighted by Gasteiger charge is -2.45. The summed E-state index contributed by atoms with van der Waals surface area (Å²) < 4.78 is 41.8. The number of benzene rings is 2. The van der Waals surface area contributed by atoms with Crippen molar-refractivity contribution in [2.24, 2.45) is 0 Å². The number of ether oxygens (including phenoxy) is 2.